The highest BCUT2D eigenvalue weighted by molar-refractivity contribution is 5.83. The number of nitrogens with zero attached hydrogens (tertiary/aromatic N) is 1. The Hall–Kier alpha value is -1.42. The molecule has 0 atom stereocenters. The maximum Gasteiger partial charge on any atom is 0.227 e. The summed E-state index contributed by atoms with van der Waals surface area (Å²) < 4.78 is 0. The fourth-order valence-electron chi connectivity index (χ4n) is 2.52. The second-order valence-electron chi connectivity index (χ2n) is 6.14. The summed E-state index contributed by atoms with van der Waals surface area (Å²) in [6.07, 6.45) is 6.52. The second-order valence-corrected chi connectivity index (χ2v) is 6.14. The smallest absolute Gasteiger partial charge is 0.227 e. The summed E-state index contributed by atoms with van der Waals surface area (Å²) >= 11 is 0. The lowest BCUT2D eigenvalue weighted by Gasteiger charge is -2.40. The fraction of sp³-hybridized carbons (Fsp3) is 0.600. The van der Waals surface area contributed by atoms with Gasteiger partial charge in [-0.3, -0.25) is 9.78 Å². The van der Waals surface area contributed by atoms with Gasteiger partial charge in [0.05, 0.1) is 5.41 Å². The zero-order valence-corrected chi connectivity index (χ0v) is 11.8. The van der Waals surface area contributed by atoms with Crippen LogP contribution in [0.2, 0.25) is 0 Å². The van der Waals surface area contributed by atoms with Crippen molar-refractivity contribution in [3.8, 4) is 0 Å². The number of rotatable bonds is 5. The minimum absolute atomic E-state index is 0.0991. The predicted octanol–water partition coefficient (Wildman–Crippen LogP) is 1.60. The van der Waals surface area contributed by atoms with Crippen LogP contribution >= 0.6 is 0 Å². The van der Waals surface area contributed by atoms with E-state index in [1.54, 1.807) is 12.4 Å². The van der Waals surface area contributed by atoms with Gasteiger partial charge in [-0.1, -0.05) is 20.3 Å². The van der Waals surface area contributed by atoms with Crippen molar-refractivity contribution in [3.05, 3.63) is 30.1 Å². The topological polar surface area (TPSA) is 68.0 Å². The molecule has 1 aliphatic rings. The molecule has 4 heteroatoms. The maximum atomic E-state index is 12.3. The minimum Gasteiger partial charge on any atom is -0.355 e. The van der Waals surface area contributed by atoms with E-state index in [1.807, 2.05) is 12.1 Å². The van der Waals surface area contributed by atoms with Gasteiger partial charge in [-0.25, -0.2) is 0 Å². The van der Waals surface area contributed by atoms with Gasteiger partial charge in [-0.2, -0.15) is 0 Å². The molecule has 0 saturated heterocycles. The number of hydrogen-bond donors (Lipinski definition) is 2. The Morgan fingerprint density at radius 3 is 2.53 bits per heavy atom. The summed E-state index contributed by atoms with van der Waals surface area (Å²) in [5.74, 6) is 0.114. The van der Waals surface area contributed by atoms with Crippen molar-refractivity contribution in [3.63, 3.8) is 0 Å². The molecule has 1 fully saturated rings. The SMILES string of the molecule is CC(C)(CNC(=O)C1(CN)CCC1)c1ccncc1. The van der Waals surface area contributed by atoms with E-state index in [4.69, 9.17) is 5.73 Å². The molecule has 19 heavy (non-hydrogen) atoms. The average molecular weight is 261 g/mol. The normalized spacial score (nSPS) is 17.6. The quantitative estimate of drug-likeness (QED) is 0.846. The van der Waals surface area contributed by atoms with Gasteiger partial charge in [-0.05, 0) is 30.5 Å². The van der Waals surface area contributed by atoms with E-state index in [-0.39, 0.29) is 16.7 Å². The fourth-order valence-corrected chi connectivity index (χ4v) is 2.52. The van der Waals surface area contributed by atoms with Gasteiger partial charge < -0.3 is 11.1 Å². The van der Waals surface area contributed by atoms with Crippen LogP contribution < -0.4 is 11.1 Å². The summed E-state index contributed by atoms with van der Waals surface area (Å²) in [5, 5.41) is 3.08. The lowest BCUT2D eigenvalue weighted by atomic mass is 9.68. The third-order valence-electron chi connectivity index (χ3n) is 4.34. The Bertz CT molecular complexity index is 432. The third kappa shape index (κ3) is 2.78. The van der Waals surface area contributed by atoms with Crippen molar-refractivity contribution in [2.24, 2.45) is 11.1 Å². The first-order chi connectivity index (χ1) is 9.00. The van der Waals surface area contributed by atoms with E-state index < -0.39 is 0 Å². The number of hydrogen-bond acceptors (Lipinski definition) is 3. The molecule has 0 bridgehead atoms. The van der Waals surface area contributed by atoms with Crippen LogP contribution in [0.4, 0.5) is 0 Å². The molecule has 4 nitrogen and oxygen atoms in total. The van der Waals surface area contributed by atoms with Crippen molar-refractivity contribution in [1.82, 2.24) is 10.3 Å². The molecular weight excluding hydrogens is 238 g/mol. The van der Waals surface area contributed by atoms with E-state index in [1.165, 1.54) is 5.56 Å². The van der Waals surface area contributed by atoms with Gasteiger partial charge in [0.15, 0.2) is 0 Å². The first-order valence-corrected chi connectivity index (χ1v) is 6.89. The molecule has 0 aliphatic heterocycles. The van der Waals surface area contributed by atoms with Crippen molar-refractivity contribution >= 4 is 5.91 Å². The number of carbonyl (C=O) groups is 1. The van der Waals surface area contributed by atoms with E-state index in [0.29, 0.717) is 13.1 Å². The molecule has 0 radical (unpaired) electrons. The van der Waals surface area contributed by atoms with Gasteiger partial charge in [0, 0.05) is 30.9 Å². The van der Waals surface area contributed by atoms with E-state index in [9.17, 15) is 4.79 Å². The van der Waals surface area contributed by atoms with Crippen LogP contribution in [0.5, 0.6) is 0 Å². The van der Waals surface area contributed by atoms with Crippen LogP contribution in [-0.4, -0.2) is 24.0 Å². The number of carbonyl (C=O) groups excluding carboxylic acids is 1. The monoisotopic (exact) mass is 261 g/mol. The summed E-state index contributed by atoms with van der Waals surface area (Å²) in [7, 11) is 0. The molecule has 0 spiro atoms. The highest BCUT2D eigenvalue weighted by Gasteiger charge is 2.43. The summed E-state index contributed by atoms with van der Waals surface area (Å²) in [5.41, 5.74) is 6.53. The molecule has 3 N–H and O–H groups in total. The average Bonchev–Trinajstić information content (AvgIpc) is 2.37. The largest absolute Gasteiger partial charge is 0.355 e. The molecule has 1 heterocycles. The van der Waals surface area contributed by atoms with Crippen molar-refractivity contribution in [1.29, 1.82) is 0 Å². The summed E-state index contributed by atoms with van der Waals surface area (Å²) in [6.45, 7) is 5.32. The highest BCUT2D eigenvalue weighted by Crippen LogP contribution is 2.40. The first-order valence-electron chi connectivity index (χ1n) is 6.89. The Labute approximate surface area is 114 Å². The predicted molar refractivity (Wildman–Crippen MR) is 75.6 cm³/mol. The Morgan fingerprint density at radius 2 is 2.05 bits per heavy atom. The Morgan fingerprint density at radius 1 is 1.42 bits per heavy atom. The van der Waals surface area contributed by atoms with Crippen LogP contribution in [0.3, 0.4) is 0 Å². The Balaban J connectivity index is 1.96. The van der Waals surface area contributed by atoms with Crippen molar-refractivity contribution < 1.29 is 4.79 Å². The van der Waals surface area contributed by atoms with Gasteiger partial charge in [-0.15, -0.1) is 0 Å². The summed E-state index contributed by atoms with van der Waals surface area (Å²) in [4.78, 5) is 16.3. The zero-order chi connectivity index (χ0) is 13.9. The number of amides is 1. The molecular formula is C15H23N3O. The molecule has 1 saturated carbocycles. The zero-order valence-electron chi connectivity index (χ0n) is 11.8. The van der Waals surface area contributed by atoms with Gasteiger partial charge in [0.25, 0.3) is 0 Å². The number of nitrogens with two attached hydrogens (primary N) is 1. The van der Waals surface area contributed by atoms with Gasteiger partial charge in [0.2, 0.25) is 5.91 Å². The number of pyridine rings is 1. The Kier molecular flexibility index (Phi) is 3.90. The third-order valence-corrected chi connectivity index (χ3v) is 4.34. The molecule has 1 aromatic heterocycles. The van der Waals surface area contributed by atoms with Crippen LogP contribution in [0, 0.1) is 5.41 Å². The lowest BCUT2D eigenvalue weighted by Crippen LogP contribution is -2.52. The van der Waals surface area contributed by atoms with Crippen LogP contribution in [0.1, 0.15) is 38.7 Å². The minimum atomic E-state index is -0.297. The molecule has 104 valence electrons. The maximum absolute atomic E-state index is 12.3. The highest BCUT2D eigenvalue weighted by atomic mass is 16.2. The van der Waals surface area contributed by atoms with Crippen molar-refractivity contribution in [2.45, 2.75) is 38.5 Å². The van der Waals surface area contributed by atoms with Crippen LogP contribution in [0.25, 0.3) is 0 Å². The summed E-state index contributed by atoms with van der Waals surface area (Å²) in [6, 6.07) is 3.99. The molecule has 1 aromatic rings. The van der Waals surface area contributed by atoms with Gasteiger partial charge >= 0.3 is 0 Å². The molecule has 1 aliphatic carbocycles. The molecule has 0 unspecified atom stereocenters. The standard InChI is InChI=1S/C15H23N3O/c1-14(2,12-4-8-17-9-5-12)11-18-13(19)15(10-16)6-3-7-15/h4-5,8-9H,3,6-7,10-11,16H2,1-2H3,(H,18,19). The second kappa shape index (κ2) is 5.29. The number of aromatic nitrogens is 1. The van der Waals surface area contributed by atoms with Crippen LogP contribution in [0.15, 0.2) is 24.5 Å². The van der Waals surface area contributed by atoms with E-state index >= 15 is 0 Å². The molecule has 1 amide bonds. The molecule has 0 aromatic carbocycles. The van der Waals surface area contributed by atoms with Gasteiger partial charge in [0.1, 0.15) is 0 Å². The first kappa shape index (κ1) is 14.0. The molecule has 2 rings (SSSR count). The van der Waals surface area contributed by atoms with Crippen LogP contribution in [-0.2, 0) is 10.2 Å². The van der Waals surface area contributed by atoms with Crippen molar-refractivity contribution in [2.75, 3.05) is 13.1 Å². The van der Waals surface area contributed by atoms with E-state index in [0.717, 1.165) is 19.3 Å². The van der Waals surface area contributed by atoms with E-state index in [2.05, 4.69) is 24.1 Å². The lowest BCUT2D eigenvalue weighted by molar-refractivity contribution is -0.135. The number of nitrogens with one attached hydrogen (secondary N) is 1.